The van der Waals surface area contributed by atoms with Gasteiger partial charge >= 0.3 is 0 Å². The molecule has 0 spiro atoms. The molecule has 110 valence electrons. The van der Waals surface area contributed by atoms with E-state index in [1.165, 1.54) is 0 Å². The summed E-state index contributed by atoms with van der Waals surface area (Å²) < 4.78 is 6.52. The van der Waals surface area contributed by atoms with E-state index in [0.717, 1.165) is 25.9 Å². The van der Waals surface area contributed by atoms with Gasteiger partial charge in [-0.1, -0.05) is 23.1 Å². The van der Waals surface area contributed by atoms with Crippen molar-refractivity contribution in [3.8, 4) is 0 Å². The molecule has 0 radical (unpaired) electrons. The van der Waals surface area contributed by atoms with E-state index >= 15 is 0 Å². The van der Waals surface area contributed by atoms with Crippen LogP contribution in [0.15, 0.2) is 9.72 Å². The number of hydrogen-bond acceptors (Lipinski definition) is 8. The monoisotopic (exact) mass is 330 g/mol. The second-order valence-corrected chi connectivity index (χ2v) is 7.38. The van der Waals surface area contributed by atoms with Crippen molar-refractivity contribution in [1.82, 2.24) is 15.2 Å². The zero-order valence-electron chi connectivity index (χ0n) is 12.0. The average Bonchev–Trinajstić information content (AvgIpc) is 3.06. The van der Waals surface area contributed by atoms with Crippen LogP contribution in [0.4, 0.5) is 5.13 Å². The van der Waals surface area contributed by atoms with Crippen LogP contribution in [0.5, 0.6) is 0 Å². The Balaban J connectivity index is 1.90. The van der Waals surface area contributed by atoms with Crippen molar-refractivity contribution >= 4 is 39.6 Å². The summed E-state index contributed by atoms with van der Waals surface area (Å²) in [5.74, 6) is 0.817. The molecule has 0 aliphatic carbocycles. The van der Waals surface area contributed by atoms with Gasteiger partial charge in [-0.25, -0.2) is 4.98 Å². The molecule has 0 aromatic carbocycles. The number of anilines is 1. The van der Waals surface area contributed by atoms with Crippen LogP contribution >= 0.6 is 34.4 Å². The minimum Gasteiger partial charge on any atom is -0.372 e. The highest BCUT2D eigenvalue weighted by atomic mass is 32.2. The fraction of sp³-hybridized carbons (Fsp3) is 0.583. The van der Waals surface area contributed by atoms with E-state index in [1.54, 1.807) is 34.4 Å². The molecule has 2 aromatic rings. The molecule has 0 fully saturated rings. The Morgan fingerprint density at radius 2 is 2.20 bits per heavy atom. The van der Waals surface area contributed by atoms with E-state index in [-0.39, 0.29) is 6.10 Å². The lowest BCUT2D eigenvalue weighted by Gasteiger charge is -2.06. The van der Waals surface area contributed by atoms with Gasteiger partial charge in [-0.05, 0) is 13.8 Å². The van der Waals surface area contributed by atoms with Crippen molar-refractivity contribution in [2.24, 2.45) is 0 Å². The highest BCUT2D eigenvalue weighted by Crippen LogP contribution is 2.30. The predicted molar refractivity (Wildman–Crippen MR) is 86.0 cm³/mol. The molecule has 0 aliphatic rings. The fourth-order valence-corrected chi connectivity index (χ4v) is 4.06. The molecule has 0 saturated carbocycles. The molecule has 20 heavy (non-hydrogen) atoms. The normalized spacial score (nSPS) is 12.6. The maximum atomic E-state index is 5.55. The van der Waals surface area contributed by atoms with Gasteiger partial charge in [-0.2, -0.15) is 0 Å². The van der Waals surface area contributed by atoms with Crippen molar-refractivity contribution in [3.63, 3.8) is 0 Å². The van der Waals surface area contributed by atoms with E-state index < -0.39 is 0 Å². The summed E-state index contributed by atoms with van der Waals surface area (Å²) in [5, 5.41) is 12.3. The highest BCUT2D eigenvalue weighted by molar-refractivity contribution is 8.00. The third kappa shape index (κ3) is 4.15. The molecule has 2 rings (SSSR count). The van der Waals surface area contributed by atoms with Gasteiger partial charge in [0.2, 0.25) is 5.13 Å². The third-order valence-corrected chi connectivity index (χ3v) is 5.77. The number of thiazole rings is 1. The van der Waals surface area contributed by atoms with E-state index in [1.807, 2.05) is 32.8 Å². The molecule has 2 heterocycles. The Labute approximate surface area is 131 Å². The first kappa shape index (κ1) is 15.7. The molecular weight excluding hydrogens is 312 g/mol. The van der Waals surface area contributed by atoms with Gasteiger partial charge in [0.15, 0.2) is 4.34 Å². The minimum atomic E-state index is 0.0747. The van der Waals surface area contributed by atoms with Crippen molar-refractivity contribution in [1.29, 1.82) is 0 Å². The Morgan fingerprint density at radius 3 is 2.85 bits per heavy atom. The first-order valence-corrected chi connectivity index (χ1v) is 8.97. The van der Waals surface area contributed by atoms with Crippen molar-refractivity contribution in [2.45, 2.75) is 30.0 Å². The third-order valence-electron chi connectivity index (χ3n) is 2.46. The number of nitrogens with zero attached hydrogens (tertiary/aromatic N) is 4. The first-order chi connectivity index (χ1) is 9.60. The molecular formula is C12H18N4OS3. The summed E-state index contributed by atoms with van der Waals surface area (Å²) in [7, 11) is 3.94. The van der Waals surface area contributed by atoms with Crippen molar-refractivity contribution in [2.75, 3.05) is 25.6 Å². The molecule has 5 nitrogen and oxygen atoms in total. The van der Waals surface area contributed by atoms with Gasteiger partial charge < -0.3 is 9.64 Å². The second-order valence-electron chi connectivity index (χ2n) is 4.31. The summed E-state index contributed by atoms with van der Waals surface area (Å²) in [5.41, 5.74) is 1.07. The highest BCUT2D eigenvalue weighted by Gasteiger charge is 2.12. The van der Waals surface area contributed by atoms with Crippen LogP contribution in [-0.4, -0.2) is 35.9 Å². The average molecular weight is 331 g/mol. The SMILES string of the molecule is CCO[C@@H](C)c1nc(CSc2nnc(N(C)C)s2)cs1. The van der Waals surface area contributed by atoms with Gasteiger partial charge in [0, 0.05) is 31.8 Å². The van der Waals surface area contributed by atoms with Gasteiger partial charge in [-0.3, -0.25) is 0 Å². The fourth-order valence-electron chi connectivity index (χ4n) is 1.47. The van der Waals surface area contributed by atoms with E-state index in [9.17, 15) is 0 Å². The van der Waals surface area contributed by atoms with Crippen LogP contribution in [0.2, 0.25) is 0 Å². The van der Waals surface area contributed by atoms with Crippen molar-refractivity contribution < 1.29 is 4.74 Å². The van der Waals surface area contributed by atoms with Crippen LogP contribution in [0, 0.1) is 0 Å². The Kier molecular flexibility index (Phi) is 5.76. The topological polar surface area (TPSA) is 51.1 Å². The van der Waals surface area contributed by atoms with Crippen LogP contribution in [-0.2, 0) is 10.5 Å². The van der Waals surface area contributed by atoms with Crippen LogP contribution in [0.25, 0.3) is 0 Å². The smallest absolute Gasteiger partial charge is 0.208 e. The molecule has 2 aromatic heterocycles. The Hall–Kier alpha value is -0.700. The predicted octanol–water partition coefficient (Wildman–Crippen LogP) is 3.45. The van der Waals surface area contributed by atoms with E-state index in [0.29, 0.717) is 6.61 Å². The van der Waals surface area contributed by atoms with Gasteiger partial charge in [-0.15, -0.1) is 21.5 Å². The van der Waals surface area contributed by atoms with E-state index in [2.05, 4.69) is 20.6 Å². The maximum Gasteiger partial charge on any atom is 0.208 e. The van der Waals surface area contributed by atoms with Gasteiger partial charge in [0.1, 0.15) is 11.1 Å². The molecule has 0 unspecified atom stereocenters. The second kappa shape index (κ2) is 7.35. The lowest BCUT2D eigenvalue weighted by molar-refractivity contribution is 0.0761. The summed E-state index contributed by atoms with van der Waals surface area (Å²) >= 11 is 4.92. The van der Waals surface area contributed by atoms with Crippen LogP contribution in [0.1, 0.15) is 30.7 Å². The summed E-state index contributed by atoms with van der Waals surface area (Å²) in [6.07, 6.45) is 0.0747. The molecule has 0 N–H and O–H groups in total. The number of thioether (sulfide) groups is 1. The molecule has 0 aliphatic heterocycles. The lowest BCUT2D eigenvalue weighted by atomic mass is 10.4. The molecule has 0 saturated heterocycles. The largest absolute Gasteiger partial charge is 0.372 e. The zero-order chi connectivity index (χ0) is 14.5. The Bertz CT molecular complexity index is 540. The summed E-state index contributed by atoms with van der Waals surface area (Å²) in [6, 6.07) is 0. The van der Waals surface area contributed by atoms with E-state index in [4.69, 9.17) is 4.74 Å². The number of rotatable bonds is 7. The van der Waals surface area contributed by atoms with Crippen LogP contribution < -0.4 is 4.90 Å². The number of ether oxygens (including phenoxy) is 1. The summed E-state index contributed by atoms with van der Waals surface area (Å²) in [6.45, 7) is 4.74. The molecule has 8 heteroatoms. The lowest BCUT2D eigenvalue weighted by Crippen LogP contribution is -2.07. The number of aromatic nitrogens is 3. The number of hydrogen-bond donors (Lipinski definition) is 0. The zero-order valence-corrected chi connectivity index (χ0v) is 14.4. The van der Waals surface area contributed by atoms with Gasteiger partial charge in [0.25, 0.3) is 0 Å². The molecule has 0 amide bonds. The maximum absolute atomic E-state index is 5.55. The summed E-state index contributed by atoms with van der Waals surface area (Å²) in [4.78, 5) is 6.57. The standard InChI is InChI=1S/C12H18N4OS3/c1-5-17-8(2)10-13-9(6-18-10)7-19-12-15-14-11(20-12)16(3)4/h6,8H,5,7H2,1-4H3/t8-/m0/s1. The van der Waals surface area contributed by atoms with Crippen LogP contribution in [0.3, 0.4) is 0 Å². The minimum absolute atomic E-state index is 0.0747. The quantitative estimate of drug-likeness (QED) is 0.725. The van der Waals surface area contributed by atoms with Gasteiger partial charge in [0.05, 0.1) is 5.69 Å². The first-order valence-electron chi connectivity index (χ1n) is 6.29. The Morgan fingerprint density at radius 1 is 1.40 bits per heavy atom. The molecule has 0 bridgehead atoms. The van der Waals surface area contributed by atoms with Crippen molar-refractivity contribution in [3.05, 3.63) is 16.1 Å². The molecule has 1 atom stereocenters.